The van der Waals surface area contributed by atoms with E-state index in [2.05, 4.69) is 28.9 Å². The predicted molar refractivity (Wildman–Crippen MR) is 96.6 cm³/mol. The Bertz CT molecular complexity index is 541. The molecule has 0 N–H and O–H groups in total. The number of nitrogens with zero attached hydrogens (tertiary/aromatic N) is 2. The van der Waals surface area contributed by atoms with Gasteiger partial charge in [-0.15, -0.1) is 0 Å². The topological polar surface area (TPSA) is 38.1 Å². The Balaban J connectivity index is 1.32. The summed E-state index contributed by atoms with van der Waals surface area (Å²) >= 11 is 0. The van der Waals surface area contributed by atoms with Crippen molar-refractivity contribution >= 4 is 0 Å². The first-order valence-corrected chi connectivity index (χ1v) is 10.0. The molecule has 0 unspecified atom stereocenters. The third-order valence-electron chi connectivity index (χ3n) is 6.11. The minimum absolute atomic E-state index is 0.374. The summed E-state index contributed by atoms with van der Waals surface area (Å²) in [5.41, 5.74) is 0. The molecule has 140 valence electrons. The predicted octanol–water partition coefficient (Wildman–Crippen LogP) is 2.54. The molecule has 25 heavy (non-hydrogen) atoms. The van der Waals surface area contributed by atoms with E-state index >= 15 is 0 Å². The van der Waals surface area contributed by atoms with Crippen LogP contribution in [0.15, 0.2) is 16.5 Å². The normalized spacial score (nSPS) is 30.1. The number of hydrogen-bond donors (Lipinski definition) is 0. The smallest absolute Gasteiger partial charge is 0.118 e. The quantitative estimate of drug-likeness (QED) is 0.836. The van der Waals surface area contributed by atoms with E-state index in [1.165, 1.54) is 25.8 Å². The van der Waals surface area contributed by atoms with Crippen molar-refractivity contribution < 1.29 is 13.9 Å². The first kappa shape index (κ1) is 17.5. The lowest BCUT2D eigenvalue weighted by molar-refractivity contribution is -0.0260. The van der Waals surface area contributed by atoms with E-state index in [1.54, 1.807) is 0 Å². The van der Waals surface area contributed by atoms with Crippen molar-refractivity contribution in [3.63, 3.8) is 0 Å². The van der Waals surface area contributed by atoms with E-state index in [4.69, 9.17) is 13.9 Å². The summed E-state index contributed by atoms with van der Waals surface area (Å²) in [6.45, 7) is 10.2. The highest BCUT2D eigenvalue weighted by Crippen LogP contribution is 2.28. The Morgan fingerprint density at radius 3 is 2.64 bits per heavy atom. The highest BCUT2D eigenvalue weighted by molar-refractivity contribution is 5.07. The largest absolute Gasteiger partial charge is 0.465 e. The van der Waals surface area contributed by atoms with Gasteiger partial charge in [0, 0.05) is 51.2 Å². The first-order valence-electron chi connectivity index (χ1n) is 10.0. The number of piperidine rings is 1. The second kappa shape index (κ2) is 8.21. The van der Waals surface area contributed by atoms with Crippen molar-refractivity contribution in [1.82, 2.24) is 9.80 Å². The zero-order valence-electron chi connectivity index (χ0n) is 15.5. The van der Waals surface area contributed by atoms with E-state index < -0.39 is 0 Å². The minimum atomic E-state index is 0.374. The van der Waals surface area contributed by atoms with Crippen LogP contribution in [0.4, 0.5) is 0 Å². The molecule has 4 rings (SSSR count). The van der Waals surface area contributed by atoms with Crippen LogP contribution < -0.4 is 0 Å². The van der Waals surface area contributed by atoms with Crippen LogP contribution in [0.3, 0.4) is 0 Å². The molecule has 0 bridgehead atoms. The number of hydrogen-bond acceptors (Lipinski definition) is 5. The van der Waals surface area contributed by atoms with Crippen LogP contribution in [0.5, 0.6) is 0 Å². The van der Waals surface area contributed by atoms with Gasteiger partial charge in [-0.2, -0.15) is 0 Å². The number of likely N-dealkylation sites (tertiary alicyclic amines) is 1. The van der Waals surface area contributed by atoms with E-state index in [1.807, 2.05) is 0 Å². The molecular weight excluding hydrogens is 316 g/mol. The van der Waals surface area contributed by atoms with Crippen LogP contribution in [-0.4, -0.2) is 67.9 Å². The second-order valence-corrected chi connectivity index (χ2v) is 7.75. The third kappa shape index (κ3) is 4.27. The maximum Gasteiger partial charge on any atom is 0.118 e. The summed E-state index contributed by atoms with van der Waals surface area (Å²) in [6.07, 6.45) is 4.93. The molecule has 0 aromatic carbocycles. The van der Waals surface area contributed by atoms with Crippen molar-refractivity contribution in [2.75, 3.05) is 46.0 Å². The Morgan fingerprint density at radius 2 is 1.84 bits per heavy atom. The molecule has 3 saturated heterocycles. The molecule has 0 saturated carbocycles. The van der Waals surface area contributed by atoms with Gasteiger partial charge in [-0.3, -0.25) is 9.80 Å². The molecule has 0 aliphatic carbocycles. The van der Waals surface area contributed by atoms with Crippen LogP contribution in [0, 0.1) is 5.92 Å². The number of ether oxygens (including phenoxy) is 2. The summed E-state index contributed by atoms with van der Waals surface area (Å²) < 4.78 is 17.7. The van der Waals surface area contributed by atoms with Crippen LogP contribution >= 0.6 is 0 Å². The zero-order valence-corrected chi connectivity index (χ0v) is 15.5. The summed E-state index contributed by atoms with van der Waals surface area (Å²) in [5, 5.41) is 0. The summed E-state index contributed by atoms with van der Waals surface area (Å²) in [7, 11) is 0. The summed E-state index contributed by atoms with van der Waals surface area (Å²) in [6, 6.07) is 4.94. The lowest BCUT2D eigenvalue weighted by Gasteiger charge is -2.39. The fourth-order valence-corrected chi connectivity index (χ4v) is 4.58. The molecule has 0 spiro atoms. The minimum Gasteiger partial charge on any atom is -0.465 e. The van der Waals surface area contributed by atoms with Crippen LogP contribution in [0.1, 0.15) is 37.7 Å². The van der Waals surface area contributed by atoms with Crippen molar-refractivity contribution in [3.8, 4) is 0 Å². The van der Waals surface area contributed by atoms with Gasteiger partial charge in [-0.1, -0.05) is 6.92 Å². The van der Waals surface area contributed by atoms with Gasteiger partial charge in [-0.05, 0) is 37.9 Å². The monoisotopic (exact) mass is 348 g/mol. The Labute approximate surface area is 151 Å². The van der Waals surface area contributed by atoms with Crippen molar-refractivity contribution in [2.24, 2.45) is 5.92 Å². The lowest BCUT2D eigenvalue weighted by Crippen LogP contribution is -2.48. The molecule has 3 fully saturated rings. The molecule has 5 heteroatoms. The standard InChI is InChI=1S/C20H32N2O3/c1-2-18-3-4-19(25-18)14-21-8-5-16-13-22(9-12-24-20(16)15-21)17-6-10-23-11-7-17/h3-4,16-17,20H,2,5-15H2,1H3/t16-,20+/m0/s1. The van der Waals surface area contributed by atoms with Gasteiger partial charge in [0.1, 0.15) is 11.5 Å². The number of furan rings is 1. The fourth-order valence-electron chi connectivity index (χ4n) is 4.58. The maximum atomic E-state index is 6.28. The molecule has 5 nitrogen and oxygen atoms in total. The molecule has 4 heterocycles. The first-order chi connectivity index (χ1) is 12.3. The number of rotatable bonds is 4. The molecular formula is C20H32N2O3. The highest BCUT2D eigenvalue weighted by Gasteiger charge is 2.35. The van der Waals surface area contributed by atoms with E-state index in [0.717, 1.165) is 63.9 Å². The van der Waals surface area contributed by atoms with Crippen molar-refractivity contribution in [1.29, 1.82) is 0 Å². The van der Waals surface area contributed by atoms with Gasteiger partial charge in [0.25, 0.3) is 0 Å². The highest BCUT2D eigenvalue weighted by atomic mass is 16.5. The van der Waals surface area contributed by atoms with E-state index in [0.29, 0.717) is 18.1 Å². The molecule has 3 aliphatic heterocycles. The van der Waals surface area contributed by atoms with E-state index in [-0.39, 0.29) is 0 Å². The van der Waals surface area contributed by atoms with Crippen LogP contribution in [0.2, 0.25) is 0 Å². The molecule has 1 aromatic rings. The van der Waals surface area contributed by atoms with E-state index in [9.17, 15) is 0 Å². The third-order valence-corrected chi connectivity index (χ3v) is 6.11. The van der Waals surface area contributed by atoms with Gasteiger partial charge >= 0.3 is 0 Å². The second-order valence-electron chi connectivity index (χ2n) is 7.75. The van der Waals surface area contributed by atoms with Crippen molar-refractivity contribution in [2.45, 2.75) is 51.3 Å². The van der Waals surface area contributed by atoms with Gasteiger partial charge in [-0.25, -0.2) is 0 Å². The van der Waals surface area contributed by atoms with Gasteiger partial charge in [0.15, 0.2) is 0 Å². The molecule has 0 amide bonds. The summed E-state index contributed by atoms with van der Waals surface area (Å²) in [4.78, 5) is 5.19. The SMILES string of the molecule is CCc1ccc(CN2CC[C@H]3CN(C4CCOCC4)CCO[C@@H]3C2)o1. The average Bonchev–Trinajstić information content (AvgIpc) is 3.00. The molecule has 2 atom stereocenters. The Kier molecular flexibility index (Phi) is 5.76. The molecule has 1 aromatic heterocycles. The van der Waals surface area contributed by atoms with Gasteiger partial charge < -0.3 is 13.9 Å². The van der Waals surface area contributed by atoms with Gasteiger partial charge in [0.05, 0.1) is 19.3 Å². The fraction of sp³-hybridized carbons (Fsp3) is 0.800. The molecule has 3 aliphatic rings. The molecule has 0 radical (unpaired) electrons. The Hall–Kier alpha value is -0.880. The van der Waals surface area contributed by atoms with Crippen LogP contribution in [0.25, 0.3) is 0 Å². The van der Waals surface area contributed by atoms with Gasteiger partial charge in [0.2, 0.25) is 0 Å². The number of aryl methyl sites for hydroxylation is 1. The lowest BCUT2D eigenvalue weighted by atomic mass is 9.92. The summed E-state index contributed by atoms with van der Waals surface area (Å²) in [5.74, 6) is 2.85. The average molecular weight is 348 g/mol. The van der Waals surface area contributed by atoms with Crippen molar-refractivity contribution in [3.05, 3.63) is 23.7 Å². The zero-order chi connectivity index (χ0) is 17.1. The number of fused-ring (bicyclic) bond motifs is 1. The maximum absolute atomic E-state index is 6.28. The van der Waals surface area contributed by atoms with Crippen LogP contribution in [-0.2, 0) is 22.4 Å². The Morgan fingerprint density at radius 1 is 1.00 bits per heavy atom.